The predicted molar refractivity (Wildman–Crippen MR) is 107 cm³/mol. The van der Waals surface area contributed by atoms with Gasteiger partial charge in [-0.2, -0.15) is 9.29 Å². The van der Waals surface area contributed by atoms with E-state index in [2.05, 4.69) is 18.3 Å². The van der Waals surface area contributed by atoms with Crippen LogP contribution in [0.1, 0.15) is 19.6 Å². The van der Waals surface area contributed by atoms with Crippen molar-refractivity contribution >= 4 is 27.2 Å². The Morgan fingerprint density at radius 3 is 2.50 bits per heavy atom. The highest BCUT2D eigenvalue weighted by atomic mass is 31.3. The van der Waals surface area contributed by atoms with Gasteiger partial charge in [0.1, 0.15) is 36.3 Å². The van der Waals surface area contributed by atoms with Crippen molar-refractivity contribution in [3.8, 4) is 0 Å². The first-order valence-electron chi connectivity index (χ1n) is 9.61. The molecule has 1 aromatic heterocycles. The van der Waals surface area contributed by atoms with Gasteiger partial charge in [0.2, 0.25) is 0 Å². The number of ketones is 1. The van der Waals surface area contributed by atoms with Crippen LogP contribution in [0.5, 0.6) is 0 Å². The summed E-state index contributed by atoms with van der Waals surface area (Å²) < 4.78 is 48.5. The van der Waals surface area contributed by atoms with Crippen LogP contribution in [0.15, 0.2) is 17.1 Å². The number of hydrogen-bond donors (Lipinski definition) is 6. The molecule has 9 unspecified atom stereocenters. The molecular formula is C15H23N3O14P2. The third kappa shape index (κ3) is 6.34. The number of rotatable bonds is 8. The lowest BCUT2D eigenvalue weighted by molar-refractivity contribution is -0.202. The number of carbonyl (C=O) groups excluding carboxylic acids is 1. The number of carbonyl (C=O) groups is 1. The molecule has 0 bridgehead atoms. The lowest BCUT2D eigenvalue weighted by Gasteiger charge is -2.31. The largest absolute Gasteiger partial charge is 0.483 e. The molecule has 3 rings (SSSR count). The van der Waals surface area contributed by atoms with Crippen LogP contribution in [0.3, 0.4) is 0 Å². The van der Waals surface area contributed by atoms with Gasteiger partial charge in [-0.25, -0.2) is 13.9 Å². The van der Waals surface area contributed by atoms with E-state index in [9.17, 15) is 43.8 Å². The fourth-order valence-corrected chi connectivity index (χ4v) is 5.29. The number of aromatic nitrogens is 2. The first-order valence-corrected chi connectivity index (χ1v) is 12.6. The zero-order valence-electron chi connectivity index (χ0n) is 17.4. The second-order valence-corrected chi connectivity index (χ2v) is 10.4. The lowest BCUT2D eigenvalue weighted by Crippen LogP contribution is -2.44. The maximum atomic E-state index is 12.1. The van der Waals surface area contributed by atoms with E-state index >= 15 is 0 Å². The molecular weight excluding hydrogens is 508 g/mol. The number of nitrogens with two attached hydrogens (primary N) is 1. The van der Waals surface area contributed by atoms with Crippen LogP contribution in [0.2, 0.25) is 0 Å². The maximum absolute atomic E-state index is 12.1. The van der Waals surface area contributed by atoms with Crippen LogP contribution < -0.4 is 11.4 Å². The fourth-order valence-electron chi connectivity index (χ4n) is 3.12. The van der Waals surface area contributed by atoms with E-state index in [1.807, 2.05) is 0 Å². The topological polar surface area (TPSA) is 259 Å². The highest BCUT2D eigenvalue weighted by Crippen LogP contribution is 2.61. The minimum absolute atomic E-state index is 0.101. The van der Waals surface area contributed by atoms with E-state index in [0.29, 0.717) is 0 Å². The van der Waals surface area contributed by atoms with Gasteiger partial charge in [-0.15, -0.1) is 0 Å². The molecule has 2 fully saturated rings. The summed E-state index contributed by atoms with van der Waals surface area (Å²) in [7, 11) is -10.7. The van der Waals surface area contributed by atoms with Crippen LogP contribution in [-0.2, 0) is 36.8 Å². The van der Waals surface area contributed by atoms with E-state index in [1.54, 1.807) is 0 Å². The van der Waals surface area contributed by atoms with Gasteiger partial charge in [-0.05, 0) is 13.0 Å². The van der Waals surface area contributed by atoms with Crippen LogP contribution in [-0.4, -0.2) is 83.9 Å². The van der Waals surface area contributed by atoms with Gasteiger partial charge < -0.3 is 40.3 Å². The summed E-state index contributed by atoms with van der Waals surface area (Å²) in [4.78, 5) is 46.4. The Bertz CT molecular complexity index is 1070. The van der Waals surface area contributed by atoms with Crippen LogP contribution in [0.4, 0.5) is 5.82 Å². The number of phosphoric ester groups is 2. The minimum Gasteiger partial charge on any atom is -0.387 e. The molecule has 34 heavy (non-hydrogen) atoms. The maximum Gasteiger partial charge on any atom is 0.483 e. The lowest BCUT2D eigenvalue weighted by atomic mass is 10.1. The molecule has 0 spiro atoms. The first kappa shape index (κ1) is 27.0. The molecule has 1 aromatic rings. The van der Waals surface area contributed by atoms with Gasteiger partial charge in [0.05, 0.1) is 6.61 Å². The Balaban J connectivity index is 1.59. The summed E-state index contributed by atoms with van der Waals surface area (Å²) in [6.45, 7) is 0.366. The standard InChI is InChI=1S/C15H23N3O14P2/c1-6-7(19)4-8(20)14(29-6)31-34(26,27)32-33(24,25)28-5-9-11(21)12(22)13(30-9)18-3-2-10(16)17-15(18)23/h2-3,6,8-9,11-14,20-22H,4-5H2,1H3,(H,24,25)(H,26,27)(H2,16,17,23). The average Bonchev–Trinajstić information content (AvgIpc) is 2.98. The smallest absolute Gasteiger partial charge is 0.387 e. The van der Waals surface area contributed by atoms with E-state index in [4.69, 9.17) is 15.2 Å². The van der Waals surface area contributed by atoms with E-state index in [1.165, 1.54) is 13.0 Å². The van der Waals surface area contributed by atoms with Gasteiger partial charge in [-0.3, -0.25) is 18.4 Å². The van der Waals surface area contributed by atoms with Crippen LogP contribution in [0, 0.1) is 0 Å². The molecule has 2 aliphatic rings. The molecule has 0 aromatic carbocycles. The molecule has 17 nitrogen and oxygen atoms in total. The summed E-state index contributed by atoms with van der Waals surface area (Å²) in [5.41, 5.74) is 4.47. The van der Waals surface area contributed by atoms with Gasteiger partial charge >= 0.3 is 21.3 Å². The van der Waals surface area contributed by atoms with Crippen LogP contribution in [0.25, 0.3) is 0 Å². The Kier molecular flexibility index (Phi) is 8.09. The van der Waals surface area contributed by atoms with Crippen molar-refractivity contribution in [2.45, 2.75) is 56.4 Å². The van der Waals surface area contributed by atoms with Crippen molar-refractivity contribution in [3.05, 3.63) is 22.7 Å². The highest BCUT2D eigenvalue weighted by molar-refractivity contribution is 7.61. The number of Topliss-reactive ketones (excluding diaryl/α,β-unsaturated/α-hetero) is 1. The van der Waals surface area contributed by atoms with Gasteiger partial charge in [0.25, 0.3) is 0 Å². The normalized spacial score (nSPS) is 35.6. The molecule has 9 atom stereocenters. The molecule has 0 amide bonds. The number of hydrogen-bond acceptors (Lipinski definition) is 14. The van der Waals surface area contributed by atoms with Crippen molar-refractivity contribution in [3.63, 3.8) is 0 Å². The SMILES string of the molecule is CC1OC(OP(=O)(O)OP(=O)(O)OCC2OC(n3ccc(N)nc3=O)C(O)C2O)C(O)CC1=O. The van der Waals surface area contributed by atoms with E-state index in [0.717, 1.165) is 10.8 Å². The van der Waals surface area contributed by atoms with E-state index < -0.39 is 83.2 Å². The molecule has 19 heteroatoms. The van der Waals surface area contributed by atoms with Crippen molar-refractivity contribution < 1.29 is 61.9 Å². The van der Waals surface area contributed by atoms with Gasteiger partial charge in [0, 0.05) is 12.6 Å². The Morgan fingerprint density at radius 1 is 1.18 bits per heavy atom. The summed E-state index contributed by atoms with van der Waals surface area (Å²) in [6.07, 6.45) is -10.2. The number of anilines is 1. The van der Waals surface area contributed by atoms with Crippen molar-refractivity contribution in [2.24, 2.45) is 0 Å². The van der Waals surface area contributed by atoms with Crippen molar-refractivity contribution in [2.75, 3.05) is 12.3 Å². The molecule has 0 radical (unpaired) electrons. The third-order valence-electron chi connectivity index (χ3n) is 4.82. The molecule has 7 N–H and O–H groups in total. The summed E-state index contributed by atoms with van der Waals surface area (Å²) in [6, 6.07) is 1.23. The van der Waals surface area contributed by atoms with Gasteiger partial charge in [0.15, 0.2) is 18.3 Å². The zero-order valence-corrected chi connectivity index (χ0v) is 19.2. The van der Waals surface area contributed by atoms with E-state index in [-0.39, 0.29) is 5.82 Å². The number of ether oxygens (including phenoxy) is 2. The molecule has 0 aliphatic carbocycles. The molecule has 192 valence electrons. The van der Waals surface area contributed by atoms with Gasteiger partial charge in [-0.1, -0.05) is 0 Å². The number of nitrogens with zero attached hydrogens (tertiary/aromatic N) is 2. The molecule has 2 saturated heterocycles. The highest BCUT2D eigenvalue weighted by Gasteiger charge is 2.47. The second kappa shape index (κ2) is 10.2. The third-order valence-corrected chi connectivity index (χ3v) is 7.42. The predicted octanol–water partition coefficient (Wildman–Crippen LogP) is -2.24. The average molecular weight is 531 g/mol. The Morgan fingerprint density at radius 2 is 1.85 bits per heavy atom. The fraction of sp³-hybridized carbons (Fsp3) is 0.667. The number of aliphatic hydroxyl groups excluding tert-OH is 3. The minimum atomic E-state index is -5.38. The van der Waals surface area contributed by atoms with Crippen LogP contribution >= 0.6 is 15.6 Å². The quantitative estimate of drug-likeness (QED) is 0.194. The first-order chi connectivity index (χ1) is 15.7. The Hall–Kier alpha value is -1.59. The second-order valence-electron chi connectivity index (χ2n) is 7.39. The summed E-state index contributed by atoms with van der Waals surface area (Å²) in [5, 5.41) is 30.0. The number of aliphatic hydroxyl groups is 3. The molecule has 3 heterocycles. The zero-order chi connectivity index (χ0) is 25.4. The number of nitrogen functional groups attached to an aromatic ring is 1. The molecule has 0 saturated carbocycles. The molecule has 2 aliphatic heterocycles. The summed E-state index contributed by atoms with van der Waals surface area (Å²) >= 11 is 0. The van der Waals surface area contributed by atoms with Crippen molar-refractivity contribution in [1.82, 2.24) is 9.55 Å². The van der Waals surface area contributed by atoms with Crippen molar-refractivity contribution in [1.29, 1.82) is 0 Å². The monoisotopic (exact) mass is 531 g/mol. The Labute approximate surface area is 190 Å². The number of phosphoric acid groups is 2. The summed E-state index contributed by atoms with van der Waals surface area (Å²) in [5.74, 6) is -0.597.